The Morgan fingerprint density at radius 2 is 2.18 bits per heavy atom. The summed E-state index contributed by atoms with van der Waals surface area (Å²) in [5.41, 5.74) is 0.539. The molecule has 1 amide bonds. The van der Waals surface area contributed by atoms with Gasteiger partial charge in [-0.15, -0.1) is 0 Å². The molecule has 2 N–H and O–H groups in total. The zero-order valence-corrected chi connectivity index (χ0v) is 12.6. The molecule has 0 spiro atoms. The molecule has 3 nitrogen and oxygen atoms in total. The lowest BCUT2D eigenvalue weighted by Crippen LogP contribution is -2.41. The van der Waals surface area contributed by atoms with E-state index in [2.05, 4.69) is 27.9 Å². The minimum atomic E-state index is -0.239. The number of hydrogen-bond donors (Lipinski definition) is 2. The van der Waals surface area contributed by atoms with Crippen molar-refractivity contribution in [2.45, 2.75) is 19.9 Å². The van der Waals surface area contributed by atoms with E-state index in [0.717, 1.165) is 3.57 Å². The van der Waals surface area contributed by atoms with Gasteiger partial charge in [0.25, 0.3) is 5.91 Å². The van der Waals surface area contributed by atoms with Crippen molar-refractivity contribution in [3.8, 4) is 0 Å². The van der Waals surface area contributed by atoms with Crippen molar-refractivity contribution >= 4 is 40.1 Å². The molecule has 0 aromatic heterocycles. The van der Waals surface area contributed by atoms with Crippen molar-refractivity contribution in [3.63, 3.8) is 0 Å². The zero-order valence-electron chi connectivity index (χ0n) is 9.71. The molecule has 0 heterocycles. The second kappa shape index (κ2) is 6.56. The van der Waals surface area contributed by atoms with Crippen LogP contribution in [-0.4, -0.2) is 23.7 Å². The number of rotatable bonds is 4. The summed E-state index contributed by atoms with van der Waals surface area (Å²) >= 11 is 7.95. The van der Waals surface area contributed by atoms with Crippen LogP contribution in [0.5, 0.6) is 0 Å². The third-order valence-corrected chi connectivity index (χ3v) is 3.67. The van der Waals surface area contributed by atoms with Crippen LogP contribution in [0.2, 0.25) is 5.02 Å². The minimum Gasteiger partial charge on any atom is -0.394 e. The van der Waals surface area contributed by atoms with Crippen LogP contribution >= 0.6 is 34.2 Å². The number of carbonyl (C=O) groups is 1. The Morgan fingerprint density at radius 3 is 2.71 bits per heavy atom. The number of nitrogens with one attached hydrogen (secondary N) is 1. The SMILES string of the molecule is CC(C)C(CO)NC(=O)c1cc(Cl)ccc1I. The predicted octanol–water partition coefficient (Wildman–Crippen LogP) is 2.69. The van der Waals surface area contributed by atoms with Crippen molar-refractivity contribution in [2.75, 3.05) is 6.61 Å². The molecule has 0 aliphatic carbocycles. The first-order valence-electron chi connectivity index (χ1n) is 5.32. The van der Waals surface area contributed by atoms with Crippen LogP contribution in [-0.2, 0) is 0 Å². The van der Waals surface area contributed by atoms with E-state index in [1.54, 1.807) is 18.2 Å². The largest absolute Gasteiger partial charge is 0.394 e. The molecule has 17 heavy (non-hydrogen) atoms. The molecule has 0 bridgehead atoms. The van der Waals surface area contributed by atoms with E-state index in [0.29, 0.717) is 10.6 Å². The molecular formula is C12H15ClINO2. The first-order valence-corrected chi connectivity index (χ1v) is 6.78. The van der Waals surface area contributed by atoms with Crippen molar-refractivity contribution in [1.29, 1.82) is 0 Å². The summed E-state index contributed by atoms with van der Waals surface area (Å²) < 4.78 is 0.838. The summed E-state index contributed by atoms with van der Waals surface area (Å²) in [4.78, 5) is 12.0. The third-order valence-electron chi connectivity index (χ3n) is 2.49. The highest BCUT2D eigenvalue weighted by atomic mass is 127. The smallest absolute Gasteiger partial charge is 0.252 e. The summed E-state index contributed by atoms with van der Waals surface area (Å²) in [5, 5.41) is 12.5. The Kier molecular flexibility index (Phi) is 5.69. The van der Waals surface area contributed by atoms with Crippen molar-refractivity contribution in [2.24, 2.45) is 5.92 Å². The van der Waals surface area contributed by atoms with Crippen LogP contribution in [0.25, 0.3) is 0 Å². The van der Waals surface area contributed by atoms with Crippen molar-refractivity contribution in [1.82, 2.24) is 5.32 Å². The summed E-state index contributed by atoms with van der Waals surface area (Å²) in [6.45, 7) is 3.83. The summed E-state index contributed by atoms with van der Waals surface area (Å²) in [6.07, 6.45) is 0. The maximum absolute atomic E-state index is 12.0. The lowest BCUT2D eigenvalue weighted by atomic mass is 10.0. The highest BCUT2D eigenvalue weighted by Gasteiger charge is 2.17. The number of hydrogen-bond acceptors (Lipinski definition) is 2. The molecule has 1 rings (SSSR count). The van der Waals surface area contributed by atoms with Gasteiger partial charge in [-0.2, -0.15) is 0 Å². The van der Waals surface area contributed by atoms with Gasteiger partial charge in [0.2, 0.25) is 0 Å². The van der Waals surface area contributed by atoms with Gasteiger partial charge in [-0.05, 0) is 46.7 Å². The van der Waals surface area contributed by atoms with E-state index in [1.807, 2.05) is 13.8 Å². The molecule has 1 aromatic rings. The van der Waals surface area contributed by atoms with Crippen LogP contribution in [0.15, 0.2) is 18.2 Å². The highest BCUT2D eigenvalue weighted by Crippen LogP contribution is 2.18. The molecule has 0 radical (unpaired) electrons. The molecule has 1 atom stereocenters. The third kappa shape index (κ3) is 4.12. The average molecular weight is 368 g/mol. The lowest BCUT2D eigenvalue weighted by molar-refractivity contribution is 0.0896. The maximum atomic E-state index is 12.0. The molecule has 94 valence electrons. The minimum absolute atomic E-state index is 0.0689. The maximum Gasteiger partial charge on any atom is 0.252 e. The molecule has 0 aliphatic heterocycles. The number of carbonyl (C=O) groups excluding carboxylic acids is 1. The number of aliphatic hydroxyl groups is 1. The van der Waals surface area contributed by atoms with E-state index >= 15 is 0 Å². The Morgan fingerprint density at radius 1 is 1.53 bits per heavy atom. The van der Waals surface area contributed by atoms with E-state index in [-0.39, 0.29) is 24.5 Å². The van der Waals surface area contributed by atoms with E-state index in [9.17, 15) is 9.90 Å². The monoisotopic (exact) mass is 367 g/mol. The van der Waals surface area contributed by atoms with Gasteiger partial charge < -0.3 is 10.4 Å². The van der Waals surface area contributed by atoms with Crippen LogP contribution in [0, 0.1) is 9.49 Å². The van der Waals surface area contributed by atoms with Gasteiger partial charge in [-0.25, -0.2) is 0 Å². The first-order chi connectivity index (χ1) is 7.95. The van der Waals surface area contributed by atoms with Gasteiger partial charge in [0.1, 0.15) is 0 Å². The Balaban J connectivity index is 2.86. The molecule has 0 aliphatic rings. The van der Waals surface area contributed by atoms with E-state index in [1.165, 1.54) is 0 Å². The van der Waals surface area contributed by atoms with Gasteiger partial charge in [-0.3, -0.25) is 4.79 Å². The quantitative estimate of drug-likeness (QED) is 0.804. The molecular weight excluding hydrogens is 352 g/mol. The molecule has 0 saturated carbocycles. The van der Waals surface area contributed by atoms with Crippen LogP contribution < -0.4 is 5.32 Å². The lowest BCUT2D eigenvalue weighted by Gasteiger charge is -2.20. The highest BCUT2D eigenvalue weighted by molar-refractivity contribution is 14.1. The normalized spacial score (nSPS) is 12.6. The zero-order chi connectivity index (χ0) is 13.0. The fourth-order valence-corrected chi connectivity index (χ4v) is 2.09. The van der Waals surface area contributed by atoms with Gasteiger partial charge in [0.15, 0.2) is 0 Å². The summed E-state index contributed by atoms with van der Waals surface area (Å²) in [7, 11) is 0. The fraction of sp³-hybridized carbons (Fsp3) is 0.417. The summed E-state index contributed by atoms with van der Waals surface area (Å²) in [6, 6.07) is 4.93. The van der Waals surface area contributed by atoms with Gasteiger partial charge in [0.05, 0.1) is 18.2 Å². The van der Waals surface area contributed by atoms with Gasteiger partial charge in [0, 0.05) is 8.59 Å². The number of halogens is 2. The van der Waals surface area contributed by atoms with Gasteiger partial charge >= 0.3 is 0 Å². The van der Waals surface area contributed by atoms with Crippen LogP contribution in [0.4, 0.5) is 0 Å². The molecule has 0 saturated heterocycles. The first kappa shape index (κ1) is 14.7. The Bertz CT molecular complexity index is 409. The van der Waals surface area contributed by atoms with Crippen molar-refractivity contribution < 1.29 is 9.90 Å². The van der Waals surface area contributed by atoms with Crippen LogP contribution in [0.1, 0.15) is 24.2 Å². The molecule has 1 unspecified atom stereocenters. The molecule has 0 fully saturated rings. The Hall–Kier alpha value is -0.330. The van der Waals surface area contributed by atoms with E-state index < -0.39 is 0 Å². The second-order valence-electron chi connectivity index (χ2n) is 4.13. The second-order valence-corrected chi connectivity index (χ2v) is 5.73. The van der Waals surface area contributed by atoms with Crippen LogP contribution in [0.3, 0.4) is 0 Å². The topological polar surface area (TPSA) is 49.3 Å². The number of benzene rings is 1. The Labute approximate surface area is 120 Å². The van der Waals surface area contributed by atoms with Gasteiger partial charge in [-0.1, -0.05) is 25.4 Å². The van der Waals surface area contributed by atoms with Crippen molar-refractivity contribution in [3.05, 3.63) is 32.4 Å². The number of amides is 1. The predicted molar refractivity (Wildman–Crippen MR) is 77.3 cm³/mol. The number of aliphatic hydroxyl groups excluding tert-OH is 1. The summed E-state index contributed by atoms with van der Waals surface area (Å²) in [5.74, 6) is -0.0227. The standard InChI is InChI=1S/C12H15ClINO2/c1-7(2)11(6-16)15-12(17)9-5-8(13)3-4-10(9)14/h3-5,7,11,16H,6H2,1-2H3,(H,15,17). The fourth-order valence-electron chi connectivity index (χ4n) is 1.34. The molecule has 5 heteroatoms. The van der Waals surface area contributed by atoms with E-state index in [4.69, 9.17) is 11.6 Å². The average Bonchev–Trinajstić information content (AvgIpc) is 2.28. The molecule has 1 aromatic carbocycles.